The van der Waals surface area contributed by atoms with E-state index >= 15 is 0 Å². The molecule has 0 radical (unpaired) electrons. The Morgan fingerprint density at radius 3 is 2.69 bits per heavy atom. The minimum Gasteiger partial charge on any atom is -0.370 e. The highest BCUT2D eigenvalue weighted by Crippen LogP contribution is 2.16. The van der Waals surface area contributed by atoms with Gasteiger partial charge in [-0.15, -0.1) is 0 Å². The highest BCUT2D eigenvalue weighted by atomic mass is 15.1. The van der Waals surface area contributed by atoms with Crippen LogP contribution in [0.1, 0.15) is 32.6 Å². The lowest BCUT2D eigenvalue weighted by Crippen LogP contribution is -2.40. The van der Waals surface area contributed by atoms with Gasteiger partial charge < -0.3 is 16.0 Å². The quantitative estimate of drug-likeness (QED) is 0.544. The van der Waals surface area contributed by atoms with Crippen molar-refractivity contribution in [1.29, 1.82) is 0 Å². The van der Waals surface area contributed by atoms with Crippen LogP contribution in [0.4, 0.5) is 0 Å². The molecule has 4 nitrogen and oxygen atoms in total. The maximum absolute atomic E-state index is 5.61. The monoisotopic (exact) mass is 226 g/mol. The largest absolute Gasteiger partial charge is 0.370 e. The second kappa shape index (κ2) is 7.49. The first kappa shape index (κ1) is 13.3. The number of hydrogen-bond acceptors (Lipinski definition) is 2. The molecule has 16 heavy (non-hydrogen) atoms. The molecule has 3 N–H and O–H groups in total. The Morgan fingerprint density at radius 2 is 2.12 bits per heavy atom. The fraction of sp³-hybridized carbons (Fsp3) is 0.917. The molecule has 1 heterocycles. The first-order valence-corrected chi connectivity index (χ1v) is 6.44. The lowest BCUT2D eigenvalue weighted by atomic mass is 9.96. The van der Waals surface area contributed by atoms with Crippen LogP contribution in [0.15, 0.2) is 4.99 Å². The Kier molecular flexibility index (Phi) is 6.23. The normalized spacial score (nSPS) is 20.0. The molecular formula is C12H26N4. The van der Waals surface area contributed by atoms with Gasteiger partial charge in [0.2, 0.25) is 0 Å². The van der Waals surface area contributed by atoms with Crippen LogP contribution in [-0.2, 0) is 0 Å². The van der Waals surface area contributed by atoms with Crippen LogP contribution >= 0.6 is 0 Å². The maximum atomic E-state index is 5.61. The molecule has 1 aliphatic rings. The topological polar surface area (TPSA) is 53.6 Å². The fourth-order valence-corrected chi connectivity index (χ4v) is 2.12. The predicted molar refractivity (Wildman–Crippen MR) is 69.6 cm³/mol. The fourth-order valence-electron chi connectivity index (χ4n) is 2.12. The van der Waals surface area contributed by atoms with Gasteiger partial charge in [0.25, 0.3) is 0 Å². The zero-order valence-electron chi connectivity index (χ0n) is 10.7. The predicted octanol–water partition coefficient (Wildman–Crippen LogP) is 1.03. The van der Waals surface area contributed by atoms with E-state index in [1.54, 1.807) is 7.05 Å². The van der Waals surface area contributed by atoms with E-state index in [2.05, 4.69) is 22.1 Å². The third-order valence-corrected chi connectivity index (χ3v) is 3.35. The summed E-state index contributed by atoms with van der Waals surface area (Å²) in [4.78, 5) is 6.48. The molecule has 0 bridgehead atoms. The highest BCUT2D eigenvalue weighted by molar-refractivity contribution is 5.77. The smallest absolute Gasteiger partial charge is 0.188 e. The Morgan fingerprint density at radius 1 is 1.44 bits per heavy atom. The summed E-state index contributed by atoms with van der Waals surface area (Å²) in [6.07, 6.45) is 5.20. The number of unbranched alkanes of at least 4 members (excludes halogenated alkanes) is 1. The summed E-state index contributed by atoms with van der Waals surface area (Å²) < 4.78 is 0. The van der Waals surface area contributed by atoms with Crippen LogP contribution in [0.2, 0.25) is 0 Å². The molecule has 0 aromatic carbocycles. The third-order valence-electron chi connectivity index (χ3n) is 3.35. The lowest BCUT2D eigenvalue weighted by Gasteiger charge is -2.32. The summed E-state index contributed by atoms with van der Waals surface area (Å²) in [5, 5.41) is 3.17. The van der Waals surface area contributed by atoms with Crippen LogP contribution < -0.4 is 11.1 Å². The average Bonchev–Trinajstić information content (AvgIpc) is 2.34. The second-order valence-electron chi connectivity index (χ2n) is 4.63. The van der Waals surface area contributed by atoms with Crippen molar-refractivity contribution in [2.45, 2.75) is 32.6 Å². The minimum absolute atomic E-state index is 0.563. The first-order valence-electron chi connectivity index (χ1n) is 6.44. The van der Waals surface area contributed by atoms with Crippen molar-refractivity contribution in [3.05, 3.63) is 0 Å². The van der Waals surface area contributed by atoms with E-state index in [1.807, 2.05) is 0 Å². The van der Waals surface area contributed by atoms with Gasteiger partial charge in [0, 0.05) is 13.6 Å². The van der Waals surface area contributed by atoms with Gasteiger partial charge in [0.05, 0.1) is 0 Å². The number of hydrogen-bond donors (Lipinski definition) is 2. The molecule has 0 aliphatic carbocycles. The van der Waals surface area contributed by atoms with E-state index < -0.39 is 0 Å². The molecule has 94 valence electrons. The summed E-state index contributed by atoms with van der Waals surface area (Å²) >= 11 is 0. The van der Waals surface area contributed by atoms with Crippen LogP contribution in [0, 0.1) is 5.92 Å². The zero-order chi connectivity index (χ0) is 11.8. The molecule has 0 unspecified atom stereocenters. The van der Waals surface area contributed by atoms with Crippen LogP contribution in [0.3, 0.4) is 0 Å². The van der Waals surface area contributed by atoms with Crippen molar-refractivity contribution in [2.75, 3.05) is 33.2 Å². The average molecular weight is 226 g/mol. The minimum atomic E-state index is 0.563. The summed E-state index contributed by atoms with van der Waals surface area (Å²) in [7, 11) is 1.72. The van der Waals surface area contributed by atoms with E-state index in [9.17, 15) is 0 Å². The Bertz CT molecular complexity index is 207. The standard InChI is InChI=1S/C12H26N4/c1-3-4-7-16-8-5-11(6-9-16)10-15-12(13)14-2/h11H,3-10H2,1-2H3,(H3,13,14,15). The van der Waals surface area contributed by atoms with Gasteiger partial charge in [-0.1, -0.05) is 13.3 Å². The van der Waals surface area contributed by atoms with E-state index in [0.717, 1.165) is 12.5 Å². The number of piperidine rings is 1. The number of rotatable bonds is 5. The van der Waals surface area contributed by atoms with Crippen molar-refractivity contribution in [1.82, 2.24) is 10.2 Å². The lowest BCUT2D eigenvalue weighted by molar-refractivity contribution is 0.183. The first-order chi connectivity index (χ1) is 7.76. The van der Waals surface area contributed by atoms with E-state index in [1.165, 1.54) is 45.3 Å². The number of likely N-dealkylation sites (tertiary alicyclic amines) is 1. The van der Waals surface area contributed by atoms with Gasteiger partial charge in [0.1, 0.15) is 0 Å². The molecule has 0 saturated carbocycles. The van der Waals surface area contributed by atoms with Gasteiger partial charge in [0.15, 0.2) is 5.96 Å². The molecule has 0 spiro atoms. The number of nitrogens with one attached hydrogen (secondary N) is 1. The van der Waals surface area contributed by atoms with Gasteiger partial charge >= 0.3 is 0 Å². The molecular weight excluding hydrogens is 200 g/mol. The van der Waals surface area contributed by atoms with Crippen LogP contribution in [0.25, 0.3) is 0 Å². The number of nitrogens with zero attached hydrogens (tertiary/aromatic N) is 2. The number of nitrogens with two attached hydrogens (primary N) is 1. The Balaban J connectivity index is 2.12. The Labute approximate surface area is 99.3 Å². The summed E-state index contributed by atoms with van der Waals surface area (Å²) in [5.41, 5.74) is 5.61. The zero-order valence-corrected chi connectivity index (χ0v) is 10.7. The van der Waals surface area contributed by atoms with Gasteiger partial charge in [-0.2, -0.15) is 0 Å². The van der Waals surface area contributed by atoms with Crippen molar-refractivity contribution in [3.63, 3.8) is 0 Å². The van der Waals surface area contributed by atoms with Gasteiger partial charge in [-0.3, -0.25) is 4.99 Å². The van der Waals surface area contributed by atoms with Gasteiger partial charge in [-0.05, 0) is 44.8 Å². The molecule has 0 aromatic rings. The molecule has 1 rings (SSSR count). The SMILES string of the molecule is CCCCN1CCC(CNC(N)=NC)CC1. The van der Waals surface area contributed by atoms with Crippen molar-refractivity contribution in [2.24, 2.45) is 16.6 Å². The molecule has 1 aliphatic heterocycles. The van der Waals surface area contributed by atoms with Crippen LogP contribution in [-0.4, -0.2) is 44.1 Å². The summed E-state index contributed by atoms with van der Waals surface area (Å²) in [6.45, 7) is 6.99. The molecule has 1 saturated heterocycles. The number of aliphatic imine (C=N–C) groups is 1. The second-order valence-corrected chi connectivity index (χ2v) is 4.63. The summed E-state index contributed by atoms with van der Waals surface area (Å²) in [5.74, 6) is 1.33. The Hall–Kier alpha value is -0.770. The molecule has 1 fully saturated rings. The third kappa shape index (κ3) is 4.84. The molecule has 0 amide bonds. The van der Waals surface area contributed by atoms with E-state index in [4.69, 9.17) is 5.73 Å². The maximum Gasteiger partial charge on any atom is 0.188 e. The highest BCUT2D eigenvalue weighted by Gasteiger charge is 2.18. The van der Waals surface area contributed by atoms with Crippen molar-refractivity contribution < 1.29 is 0 Å². The molecule has 4 heteroatoms. The van der Waals surface area contributed by atoms with Crippen molar-refractivity contribution in [3.8, 4) is 0 Å². The van der Waals surface area contributed by atoms with E-state index in [-0.39, 0.29) is 0 Å². The van der Waals surface area contributed by atoms with Crippen LogP contribution in [0.5, 0.6) is 0 Å². The van der Waals surface area contributed by atoms with Gasteiger partial charge in [-0.25, -0.2) is 0 Å². The molecule has 0 atom stereocenters. The van der Waals surface area contributed by atoms with E-state index in [0.29, 0.717) is 5.96 Å². The molecule has 0 aromatic heterocycles. The van der Waals surface area contributed by atoms with Crippen molar-refractivity contribution >= 4 is 5.96 Å². The summed E-state index contributed by atoms with van der Waals surface area (Å²) in [6, 6.07) is 0. The number of guanidine groups is 1.